The Morgan fingerprint density at radius 1 is 1.26 bits per heavy atom. The van der Waals surface area contributed by atoms with Crippen LogP contribution in [0.25, 0.3) is 10.4 Å². The number of hydrogen-bond donors (Lipinski definition) is 0. The lowest BCUT2D eigenvalue weighted by Gasteiger charge is -2.33. The summed E-state index contributed by atoms with van der Waals surface area (Å²) < 4.78 is 34.6. The van der Waals surface area contributed by atoms with Gasteiger partial charge in [-0.1, -0.05) is 23.4 Å². The van der Waals surface area contributed by atoms with Gasteiger partial charge in [0.15, 0.2) is 20.7 Å². The second-order valence-electron chi connectivity index (χ2n) is 7.64. The molecule has 31 heavy (non-hydrogen) atoms. The molecule has 1 aliphatic heterocycles. The van der Waals surface area contributed by atoms with Crippen LogP contribution in [-0.2, 0) is 16.3 Å². The Balaban J connectivity index is 1.33. The summed E-state index contributed by atoms with van der Waals surface area (Å²) in [4.78, 5) is 15.8. The third kappa shape index (κ3) is 5.04. The molecule has 0 saturated carbocycles. The molecule has 1 aliphatic rings. The minimum absolute atomic E-state index is 0.0285. The molecule has 4 heterocycles. The van der Waals surface area contributed by atoms with Gasteiger partial charge in [-0.05, 0) is 37.8 Å². The van der Waals surface area contributed by atoms with Crippen molar-refractivity contribution >= 4 is 27.2 Å². The van der Waals surface area contributed by atoms with Crippen molar-refractivity contribution in [1.82, 2.24) is 20.1 Å². The van der Waals surface area contributed by atoms with Gasteiger partial charge in [0, 0.05) is 43.7 Å². The van der Waals surface area contributed by atoms with E-state index in [0.29, 0.717) is 17.1 Å². The molecule has 3 aromatic rings. The van der Waals surface area contributed by atoms with Crippen LogP contribution in [0.1, 0.15) is 32.5 Å². The first kappa shape index (κ1) is 21.7. The van der Waals surface area contributed by atoms with Gasteiger partial charge in [-0.15, -0.1) is 0 Å². The third-order valence-electron chi connectivity index (χ3n) is 5.42. The van der Waals surface area contributed by atoms with Gasteiger partial charge < -0.3 is 14.2 Å². The number of thiazole rings is 1. The molecule has 0 radical (unpaired) electrons. The molecule has 166 valence electrons. The number of ether oxygens (including phenoxy) is 1. The Kier molecular flexibility index (Phi) is 6.24. The van der Waals surface area contributed by atoms with Gasteiger partial charge in [-0.25, -0.2) is 18.4 Å². The fourth-order valence-corrected chi connectivity index (χ4v) is 4.92. The molecule has 3 aromatic heterocycles. The van der Waals surface area contributed by atoms with E-state index in [4.69, 9.17) is 9.26 Å². The molecular formula is C20H25N5O4S2. The SMILES string of the molecule is CCc1noc(N2CCC([C@H](C)Oc3ncc(-c4ccc(S(C)(=O)=O)nc4)s3)CC2)n1. The highest BCUT2D eigenvalue weighted by Crippen LogP contribution is 2.33. The average Bonchev–Trinajstić information content (AvgIpc) is 3.43. The molecule has 0 aromatic carbocycles. The minimum Gasteiger partial charge on any atom is -0.467 e. The molecule has 1 fully saturated rings. The van der Waals surface area contributed by atoms with E-state index in [2.05, 4.69) is 31.9 Å². The minimum atomic E-state index is -3.31. The van der Waals surface area contributed by atoms with Gasteiger partial charge in [0.2, 0.25) is 0 Å². The largest absolute Gasteiger partial charge is 0.467 e. The second kappa shape index (κ2) is 8.91. The van der Waals surface area contributed by atoms with E-state index >= 15 is 0 Å². The molecule has 9 nitrogen and oxygen atoms in total. The Bertz CT molecular complexity index is 1120. The number of rotatable bonds is 7. The maximum Gasteiger partial charge on any atom is 0.324 e. The number of pyridine rings is 1. The summed E-state index contributed by atoms with van der Waals surface area (Å²) in [6, 6.07) is 3.85. The zero-order chi connectivity index (χ0) is 22.0. The molecule has 1 saturated heterocycles. The number of hydrogen-bond acceptors (Lipinski definition) is 10. The molecule has 0 aliphatic carbocycles. The summed E-state index contributed by atoms with van der Waals surface area (Å²) in [6.45, 7) is 5.78. The van der Waals surface area contributed by atoms with Crippen LogP contribution in [0.2, 0.25) is 0 Å². The summed E-state index contributed by atoms with van der Waals surface area (Å²) >= 11 is 1.43. The van der Waals surface area contributed by atoms with Crippen molar-refractivity contribution < 1.29 is 17.7 Å². The lowest BCUT2D eigenvalue weighted by Crippen LogP contribution is -2.38. The molecule has 0 spiro atoms. The second-order valence-corrected chi connectivity index (χ2v) is 10.6. The van der Waals surface area contributed by atoms with Crippen LogP contribution in [-0.4, -0.2) is 54.0 Å². The van der Waals surface area contributed by atoms with E-state index in [-0.39, 0.29) is 11.1 Å². The zero-order valence-electron chi connectivity index (χ0n) is 17.7. The molecule has 4 rings (SSSR count). The number of sulfone groups is 1. The molecule has 0 unspecified atom stereocenters. The fourth-order valence-electron chi connectivity index (χ4n) is 3.52. The van der Waals surface area contributed by atoms with Gasteiger partial charge in [0.25, 0.3) is 5.19 Å². The van der Waals surface area contributed by atoms with Gasteiger partial charge in [0.1, 0.15) is 6.10 Å². The van der Waals surface area contributed by atoms with E-state index < -0.39 is 9.84 Å². The topological polar surface area (TPSA) is 111 Å². The number of aryl methyl sites for hydroxylation is 1. The first-order chi connectivity index (χ1) is 14.8. The first-order valence-electron chi connectivity index (χ1n) is 10.2. The van der Waals surface area contributed by atoms with Crippen LogP contribution in [0.15, 0.2) is 34.1 Å². The Morgan fingerprint density at radius 2 is 2.03 bits per heavy atom. The normalized spacial score (nSPS) is 16.4. The third-order valence-corrected chi connectivity index (χ3v) is 7.36. The number of anilines is 1. The number of piperidine rings is 1. The lowest BCUT2D eigenvalue weighted by molar-refractivity contribution is 0.131. The van der Waals surface area contributed by atoms with Gasteiger partial charge in [0.05, 0.1) is 4.88 Å². The molecule has 0 amide bonds. The summed E-state index contributed by atoms with van der Waals surface area (Å²) in [6.07, 6.45) is 7.16. The van der Waals surface area contributed by atoms with E-state index in [1.54, 1.807) is 18.5 Å². The summed E-state index contributed by atoms with van der Waals surface area (Å²) in [7, 11) is -3.31. The van der Waals surface area contributed by atoms with Crippen LogP contribution in [0.3, 0.4) is 0 Å². The molecule has 1 atom stereocenters. The Hall–Kier alpha value is -2.53. The van der Waals surface area contributed by atoms with Crippen molar-refractivity contribution in [3.8, 4) is 15.6 Å². The van der Waals surface area contributed by atoms with Crippen molar-refractivity contribution in [3.05, 3.63) is 30.4 Å². The fraction of sp³-hybridized carbons (Fsp3) is 0.500. The molecule has 0 bridgehead atoms. The van der Waals surface area contributed by atoms with Crippen LogP contribution in [0, 0.1) is 5.92 Å². The van der Waals surface area contributed by atoms with Crippen molar-refractivity contribution in [2.24, 2.45) is 5.92 Å². The highest BCUT2D eigenvalue weighted by Gasteiger charge is 2.28. The quantitative estimate of drug-likeness (QED) is 0.521. The zero-order valence-corrected chi connectivity index (χ0v) is 19.3. The van der Waals surface area contributed by atoms with E-state index in [0.717, 1.165) is 54.9 Å². The van der Waals surface area contributed by atoms with Crippen LogP contribution in [0.4, 0.5) is 6.01 Å². The summed E-state index contributed by atoms with van der Waals surface area (Å²) in [5, 5.41) is 4.63. The number of nitrogens with zero attached hydrogens (tertiary/aromatic N) is 5. The Morgan fingerprint density at radius 3 is 2.65 bits per heavy atom. The van der Waals surface area contributed by atoms with Crippen LogP contribution < -0.4 is 9.64 Å². The van der Waals surface area contributed by atoms with E-state index in [9.17, 15) is 8.42 Å². The standard InChI is InChI=1S/C20H25N5O4S2/c1-4-17-23-19(29-24-17)25-9-7-14(8-10-25)13(2)28-20-22-12-16(30-20)15-5-6-18(21-11-15)31(3,26)27/h5-6,11-14H,4,7-10H2,1-3H3/t13-/m0/s1. The monoisotopic (exact) mass is 463 g/mol. The summed E-state index contributed by atoms with van der Waals surface area (Å²) in [5.41, 5.74) is 0.812. The van der Waals surface area contributed by atoms with E-state index in [1.807, 2.05) is 6.92 Å². The molecule has 0 N–H and O–H groups in total. The highest BCUT2D eigenvalue weighted by molar-refractivity contribution is 7.90. The maximum atomic E-state index is 11.6. The van der Waals surface area contributed by atoms with Gasteiger partial charge >= 0.3 is 6.01 Å². The molecule has 11 heteroatoms. The summed E-state index contributed by atoms with van der Waals surface area (Å²) in [5.74, 6) is 1.14. The maximum absolute atomic E-state index is 11.6. The Labute approximate surface area is 185 Å². The average molecular weight is 464 g/mol. The smallest absolute Gasteiger partial charge is 0.324 e. The van der Waals surface area contributed by atoms with Crippen molar-refractivity contribution in [2.75, 3.05) is 24.2 Å². The van der Waals surface area contributed by atoms with Crippen molar-refractivity contribution in [3.63, 3.8) is 0 Å². The number of aromatic nitrogens is 4. The lowest BCUT2D eigenvalue weighted by atomic mass is 9.92. The highest BCUT2D eigenvalue weighted by atomic mass is 32.2. The predicted octanol–water partition coefficient (Wildman–Crippen LogP) is 3.24. The van der Waals surface area contributed by atoms with Gasteiger partial charge in [-0.2, -0.15) is 4.98 Å². The van der Waals surface area contributed by atoms with Crippen molar-refractivity contribution in [2.45, 2.75) is 44.2 Å². The van der Waals surface area contributed by atoms with Crippen molar-refractivity contribution in [1.29, 1.82) is 0 Å². The first-order valence-corrected chi connectivity index (χ1v) is 12.9. The van der Waals surface area contributed by atoms with Crippen LogP contribution in [0.5, 0.6) is 5.19 Å². The van der Waals surface area contributed by atoms with E-state index in [1.165, 1.54) is 17.4 Å². The predicted molar refractivity (Wildman–Crippen MR) is 117 cm³/mol. The van der Waals surface area contributed by atoms with Gasteiger partial charge in [-0.3, -0.25) is 0 Å². The van der Waals surface area contributed by atoms with Crippen LogP contribution >= 0.6 is 11.3 Å². The molecular weight excluding hydrogens is 438 g/mol.